The minimum absolute atomic E-state index is 0.332. The Kier molecular flexibility index (Phi) is 4.69. The number of ether oxygens (including phenoxy) is 1. The monoisotopic (exact) mass is 291 g/mol. The molecule has 0 radical (unpaired) electrons. The molecule has 0 unspecified atom stereocenters. The zero-order chi connectivity index (χ0) is 13.9. The lowest BCUT2D eigenvalue weighted by molar-refractivity contribution is -0.275. The van der Waals surface area contributed by atoms with Crippen LogP contribution in [0.1, 0.15) is 23.2 Å². The van der Waals surface area contributed by atoms with Crippen molar-refractivity contribution in [1.82, 2.24) is 4.98 Å². The molecule has 1 heterocycles. The van der Waals surface area contributed by atoms with E-state index in [2.05, 4.69) is 9.72 Å². The van der Waals surface area contributed by atoms with Crippen molar-refractivity contribution in [2.45, 2.75) is 25.3 Å². The molecule has 1 aromatic rings. The van der Waals surface area contributed by atoms with Crippen LogP contribution in [0.2, 0.25) is 0 Å². The van der Waals surface area contributed by atoms with Gasteiger partial charge in [0.2, 0.25) is 0 Å². The molecule has 0 saturated heterocycles. The van der Waals surface area contributed by atoms with Gasteiger partial charge in [0.1, 0.15) is 5.75 Å². The molecule has 0 fully saturated rings. The summed E-state index contributed by atoms with van der Waals surface area (Å²) < 4.78 is 65.4. The van der Waals surface area contributed by atoms with Gasteiger partial charge in [0.15, 0.2) is 0 Å². The maximum Gasteiger partial charge on any atom is 0.573 e. The number of aliphatic hydroxyl groups is 1. The summed E-state index contributed by atoms with van der Waals surface area (Å²) in [5.41, 5.74) is -2.02. The molecule has 0 aliphatic heterocycles. The van der Waals surface area contributed by atoms with Crippen LogP contribution in [0.3, 0.4) is 0 Å². The topological polar surface area (TPSA) is 42.4 Å². The zero-order valence-electron chi connectivity index (χ0n) is 8.64. The van der Waals surface area contributed by atoms with Crippen LogP contribution in [-0.4, -0.2) is 16.5 Å². The standard InChI is InChI=1S/C9H7ClF5NO2/c10-1-4-2-16-5(3-17)6(8(11)12)7(4)18-9(13,14)15/h2,8,17H,1,3H2. The van der Waals surface area contributed by atoms with Crippen molar-refractivity contribution in [3.8, 4) is 5.75 Å². The molecule has 0 saturated carbocycles. The zero-order valence-corrected chi connectivity index (χ0v) is 9.40. The van der Waals surface area contributed by atoms with Crippen LogP contribution in [0.15, 0.2) is 6.20 Å². The number of halogens is 6. The third kappa shape index (κ3) is 3.42. The van der Waals surface area contributed by atoms with E-state index >= 15 is 0 Å². The van der Waals surface area contributed by atoms with Gasteiger partial charge in [-0.2, -0.15) is 0 Å². The Morgan fingerprint density at radius 3 is 2.39 bits per heavy atom. The fourth-order valence-electron chi connectivity index (χ4n) is 1.27. The average Bonchev–Trinajstić information content (AvgIpc) is 2.25. The van der Waals surface area contributed by atoms with Gasteiger partial charge < -0.3 is 9.84 Å². The maximum atomic E-state index is 12.7. The van der Waals surface area contributed by atoms with E-state index < -0.39 is 42.3 Å². The molecule has 3 nitrogen and oxygen atoms in total. The summed E-state index contributed by atoms with van der Waals surface area (Å²) in [5, 5.41) is 8.79. The summed E-state index contributed by atoms with van der Waals surface area (Å²) in [6.07, 6.45) is -7.57. The van der Waals surface area contributed by atoms with Crippen LogP contribution in [0, 0.1) is 0 Å². The first kappa shape index (κ1) is 14.9. The van der Waals surface area contributed by atoms with E-state index in [-0.39, 0.29) is 5.56 Å². The van der Waals surface area contributed by atoms with Gasteiger partial charge in [-0.25, -0.2) is 8.78 Å². The summed E-state index contributed by atoms with van der Waals surface area (Å²) in [6.45, 7) is -0.934. The van der Waals surface area contributed by atoms with Gasteiger partial charge in [-0.15, -0.1) is 24.8 Å². The Morgan fingerprint density at radius 1 is 1.39 bits per heavy atom. The second kappa shape index (κ2) is 5.66. The van der Waals surface area contributed by atoms with Gasteiger partial charge in [0.25, 0.3) is 6.43 Å². The van der Waals surface area contributed by atoms with E-state index in [0.29, 0.717) is 0 Å². The fourth-order valence-corrected chi connectivity index (χ4v) is 1.46. The Hall–Kier alpha value is -1.15. The molecular formula is C9H7ClF5NO2. The van der Waals surface area contributed by atoms with Crippen LogP contribution < -0.4 is 4.74 Å². The third-order valence-corrected chi connectivity index (χ3v) is 2.24. The number of hydrogen-bond acceptors (Lipinski definition) is 3. The molecule has 0 aliphatic rings. The summed E-state index contributed by atoms with van der Waals surface area (Å²) in [6, 6.07) is 0. The maximum absolute atomic E-state index is 12.7. The largest absolute Gasteiger partial charge is 0.573 e. The van der Waals surface area contributed by atoms with Crippen LogP contribution in [0.4, 0.5) is 22.0 Å². The van der Waals surface area contributed by atoms with Crippen molar-refractivity contribution >= 4 is 11.6 Å². The van der Waals surface area contributed by atoms with Gasteiger partial charge >= 0.3 is 6.36 Å². The summed E-state index contributed by atoms with van der Waals surface area (Å²) in [5.74, 6) is -1.59. The van der Waals surface area contributed by atoms with Crippen molar-refractivity contribution in [2.24, 2.45) is 0 Å². The van der Waals surface area contributed by atoms with Gasteiger partial charge in [-0.05, 0) is 0 Å². The van der Waals surface area contributed by atoms with E-state index in [1.165, 1.54) is 0 Å². The fraction of sp³-hybridized carbons (Fsp3) is 0.444. The number of alkyl halides is 6. The van der Waals surface area contributed by atoms with E-state index in [0.717, 1.165) is 6.20 Å². The predicted octanol–water partition coefficient (Wildman–Crippen LogP) is 3.15. The molecule has 0 spiro atoms. The van der Waals surface area contributed by atoms with E-state index in [1.807, 2.05) is 0 Å². The Morgan fingerprint density at radius 2 is 2.00 bits per heavy atom. The highest BCUT2D eigenvalue weighted by Crippen LogP contribution is 2.38. The first-order valence-corrected chi connectivity index (χ1v) is 5.05. The number of nitrogens with zero attached hydrogens (tertiary/aromatic N) is 1. The molecule has 0 aliphatic carbocycles. The molecule has 0 bridgehead atoms. The second-order valence-electron chi connectivity index (χ2n) is 3.11. The molecule has 1 N–H and O–H groups in total. The van der Waals surface area contributed by atoms with Crippen molar-refractivity contribution in [1.29, 1.82) is 0 Å². The Balaban J connectivity index is 3.40. The predicted molar refractivity (Wildman–Crippen MR) is 51.4 cm³/mol. The van der Waals surface area contributed by atoms with Crippen molar-refractivity contribution < 1.29 is 31.8 Å². The Bertz CT molecular complexity index is 424. The molecule has 18 heavy (non-hydrogen) atoms. The first-order valence-electron chi connectivity index (χ1n) is 4.51. The lowest BCUT2D eigenvalue weighted by Gasteiger charge is -2.17. The molecule has 1 aromatic heterocycles. The molecule has 102 valence electrons. The normalized spacial score (nSPS) is 12.0. The van der Waals surface area contributed by atoms with Gasteiger partial charge in [-0.3, -0.25) is 4.98 Å². The van der Waals surface area contributed by atoms with E-state index in [9.17, 15) is 22.0 Å². The van der Waals surface area contributed by atoms with Crippen molar-refractivity contribution in [3.63, 3.8) is 0 Å². The van der Waals surface area contributed by atoms with Gasteiger partial charge in [0.05, 0.1) is 23.7 Å². The van der Waals surface area contributed by atoms with Crippen LogP contribution in [0.25, 0.3) is 0 Å². The molecule has 0 aromatic carbocycles. The molecule has 9 heteroatoms. The lowest BCUT2D eigenvalue weighted by Crippen LogP contribution is -2.20. The molecule has 0 amide bonds. The Labute approximate surface area is 103 Å². The smallest absolute Gasteiger partial charge is 0.405 e. The number of aliphatic hydroxyl groups excluding tert-OH is 1. The summed E-state index contributed by atoms with van der Waals surface area (Å²) in [4.78, 5) is 3.42. The minimum atomic E-state index is -5.14. The number of hydrogen-bond donors (Lipinski definition) is 1. The second-order valence-corrected chi connectivity index (χ2v) is 3.38. The molecule has 0 atom stereocenters. The van der Waals surface area contributed by atoms with E-state index in [4.69, 9.17) is 16.7 Å². The van der Waals surface area contributed by atoms with Crippen molar-refractivity contribution in [2.75, 3.05) is 0 Å². The number of pyridine rings is 1. The SMILES string of the molecule is OCc1ncc(CCl)c(OC(F)(F)F)c1C(F)F. The highest BCUT2D eigenvalue weighted by atomic mass is 35.5. The van der Waals surface area contributed by atoms with E-state index in [1.54, 1.807) is 0 Å². The lowest BCUT2D eigenvalue weighted by atomic mass is 10.1. The van der Waals surface area contributed by atoms with Crippen LogP contribution in [0.5, 0.6) is 5.75 Å². The van der Waals surface area contributed by atoms with Gasteiger partial charge in [-0.1, -0.05) is 0 Å². The molecular weight excluding hydrogens is 285 g/mol. The molecule has 1 rings (SSSR count). The number of rotatable bonds is 4. The minimum Gasteiger partial charge on any atom is -0.405 e. The highest BCUT2D eigenvalue weighted by Gasteiger charge is 2.35. The first-order chi connectivity index (χ1) is 8.30. The van der Waals surface area contributed by atoms with Crippen LogP contribution >= 0.6 is 11.6 Å². The third-order valence-electron chi connectivity index (χ3n) is 1.95. The quantitative estimate of drug-likeness (QED) is 0.684. The summed E-state index contributed by atoms with van der Waals surface area (Å²) in [7, 11) is 0. The highest BCUT2D eigenvalue weighted by molar-refractivity contribution is 6.17. The summed E-state index contributed by atoms with van der Waals surface area (Å²) >= 11 is 5.34. The number of aromatic nitrogens is 1. The van der Waals surface area contributed by atoms with Crippen molar-refractivity contribution in [3.05, 3.63) is 23.0 Å². The average molecular weight is 292 g/mol. The van der Waals surface area contributed by atoms with Crippen LogP contribution in [-0.2, 0) is 12.5 Å². The van der Waals surface area contributed by atoms with Gasteiger partial charge in [0, 0.05) is 11.8 Å².